The largest absolute Gasteiger partial charge is 0.474 e. The molecule has 0 spiro atoms. The molecule has 0 bridgehead atoms. The summed E-state index contributed by atoms with van der Waals surface area (Å²) in [7, 11) is 1.40. The molecule has 1 fully saturated rings. The zero-order chi connectivity index (χ0) is 23.7. The van der Waals surface area contributed by atoms with Crippen LogP contribution in [-0.4, -0.2) is 90.7 Å². The molecule has 0 unspecified atom stereocenters. The summed E-state index contributed by atoms with van der Waals surface area (Å²) in [6.45, 7) is 0.518. The van der Waals surface area contributed by atoms with E-state index in [0.717, 1.165) is 12.1 Å². The van der Waals surface area contributed by atoms with Gasteiger partial charge in [0.2, 0.25) is 5.91 Å². The van der Waals surface area contributed by atoms with Gasteiger partial charge in [0.1, 0.15) is 5.69 Å². The summed E-state index contributed by atoms with van der Waals surface area (Å²) < 4.78 is 34.1. The SMILES string of the molecule is COC(=S)NCC(C=Nc1cc(F)c(N2CCN(C(=O)C[C@H](O)CO)CC2)c(F)c1)=NN. The Morgan fingerprint density at radius 2 is 1.97 bits per heavy atom. The first-order valence-electron chi connectivity index (χ1n) is 9.72. The van der Waals surface area contributed by atoms with Crippen LogP contribution in [0.2, 0.25) is 0 Å². The molecular weight excluding hydrogens is 446 g/mol. The lowest BCUT2D eigenvalue weighted by Crippen LogP contribution is -2.50. The monoisotopic (exact) mass is 472 g/mol. The van der Waals surface area contributed by atoms with Crippen molar-refractivity contribution in [2.45, 2.75) is 12.5 Å². The van der Waals surface area contributed by atoms with Crippen molar-refractivity contribution in [3.63, 3.8) is 0 Å². The van der Waals surface area contributed by atoms with Crippen molar-refractivity contribution < 1.29 is 28.5 Å². The van der Waals surface area contributed by atoms with Crippen molar-refractivity contribution >= 4 is 46.6 Å². The van der Waals surface area contributed by atoms with Crippen molar-refractivity contribution in [2.24, 2.45) is 15.9 Å². The number of ether oxygens (including phenoxy) is 1. The number of carbonyl (C=O) groups is 1. The number of aliphatic imine (C=N–C) groups is 1. The molecule has 1 amide bonds. The van der Waals surface area contributed by atoms with Gasteiger partial charge in [-0.1, -0.05) is 0 Å². The summed E-state index contributed by atoms with van der Waals surface area (Å²) in [5.41, 5.74) is 0.110. The van der Waals surface area contributed by atoms with E-state index in [1.807, 2.05) is 0 Å². The molecule has 1 atom stereocenters. The number of nitrogens with one attached hydrogen (secondary N) is 1. The number of hydrogen-bond donors (Lipinski definition) is 4. The number of thiocarbonyl (C=S) groups is 1. The first-order chi connectivity index (χ1) is 15.3. The number of hydrazone groups is 1. The van der Waals surface area contributed by atoms with Crippen LogP contribution >= 0.6 is 12.2 Å². The van der Waals surface area contributed by atoms with Crippen molar-refractivity contribution in [3.05, 3.63) is 23.8 Å². The van der Waals surface area contributed by atoms with Gasteiger partial charge in [-0.15, -0.1) is 0 Å². The average molecular weight is 473 g/mol. The molecule has 10 nitrogen and oxygen atoms in total. The number of carbonyl (C=O) groups excluding carboxylic acids is 1. The van der Waals surface area contributed by atoms with Crippen LogP contribution in [0, 0.1) is 11.6 Å². The maximum Gasteiger partial charge on any atom is 0.256 e. The molecule has 1 aliphatic heterocycles. The molecule has 1 aromatic rings. The average Bonchev–Trinajstić information content (AvgIpc) is 2.78. The standard InChI is InChI=1S/C19H26F2N6O4S/c1-31-19(32)24-10-13(25-22)9-23-12-6-15(20)18(16(21)7-12)27-4-2-26(3-5-27)17(30)8-14(29)11-28/h6-7,9,14,28-29H,2-5,8,10-11,22H2,1H3,(H,24,32)/t14-/m0/s1. The first-order valence-corrected chi connectivity index (χ1v) is 10.1. The molecule has 1 heterocycles. The minimum absolute atomic E-state index is 0.0334. The molecule has 0 aliphatic carbocycles. The number of rotatable bonds is 8. The Kier molecular flexibility index (Phi) is 9.68. The number of amides is 1. The fourth-order valence-electron chi connectivity index (χ4n) is 3.01. The number of nitrogens with two attached hydrogens (primary N) is 1. The van der Waals surface area contributed by atoms with Crippen LogP contribution in [0.3, 0.4) is 0 Å². The number of piperazine rings is 1. The van der Waals surface area contributed by atoms with Gasteiger partial charge in [0.05, 0.1) is 50.4 Å². The predicted molar refractivity (Wildman–Crippen MR) is 120 cm³/mol. The van der Waals surface area contributed by atoms with E-state index < -0.39 is 24.3 Å². The van der Waals surface area contributed by atoms with E-state index in [2.05, 4.69) is 15.4 Å². The van der Waals surface area contributed by atoms with E-state index in [1.165, 1.54) is 23.1 Å². The van der Waals surface area contributed by atoms with Gasteiger partial charge in [-0.25, -0.2) is 8.78 Å². The molecule has 0 aromatic heterocycles. The number of hydrogen-bond acceptors (Lipinski definition) is 9. The normalized spacial score (nSPS) is 15.7. The number of benzene rings is 1. The van der Waals surface area contributed by atoms with E-state index in [4.69, 9.17) is 27.9 Å². The summed E-state index contributed by atoms with van der Waals surface area (Å²) in [6, 6.07) is 2.18. The Morgan fingerprint density at radius 3 is 2.50 bits per heavy atom. The quantitative estimate of drug-likeness (QED) is 0.178. The molecule has 32 heavy (non-hydrogen) atoms. The zero-order valence-electron chi connectivity index (χ0n) is 17.5. The van der Waals surface area contributed by atoms with Crippen molar-refractivity contribution in [3.8, 4) is 0 Å². The number of aliphatic hydroxyl groups excluding tert-OH is 2. The Morgan fingerprint density at radius 1 is 1.34 bits per heavy atom. The summed E-state index contributed by atoms with van der Waals surface area (Å²) in [4.78, 5) is 19.1. The Bertz CT molecular complexity index is 854. The second kappa shape index (κ2) is 12.2. The second-order valence-electron chi connectivity index (χ2n) is 6.89. The van der Waals surface area contributed by atoms with E-state index >= 15 is 0 Å². The zero-order valence-corrected chi connectivity index (χ0v) is 18.3. The highest BCUT2D eigenvalue weighted by Crippen LogP contribution is 2.29. The molecule has 1 saturated heterocycles. The number of aliphatic hydroxyl groups is 2. The van der Waals surface area contributed by atoms with Gasteiger partial charge >= 0.3 is 0 Å². The fraction of sp³-hybridized carbons (Fsp3) is 0.474. The Hall–Kier alpha value is -2.90. The van der Waals surface area contributed by atoms with E-state index in [9.17, 15) is 18.7 Å². The number of methoxy groups -OCH3 is 1. The third kappa shape index (κ3) is 7.07. The van der Waals surface area contributed by atoms with Crippen LogP contribution in [0.1, 0.15) is 6.42 Å². The third-order valence-corrected chi connectivity index (χ3v) is 5.01. The van der Waals surface area contributed by atoms with Crippen LogP contribution in [0.15, 0.2) is 22.2 Å². The lowest BCUT2D eigenvalue weighted by atomic mass is 10.2. The summed E-state index contributed by atoms with van der Waals surface area (Å²) in [6.07, 6.45) is -0.0716. The van der Waals surface area contributed by atoms with Crippen molar-refractivity contribution in [1.82, 2.24) is 10.2 Å². The number of anilines is 1. The van der Waals surface area contributed by atoms with Crippen LogP contribution in [0.25, 0.3) is 0 Å². The summed E-state index contributed by atoms with van der Waals surface area (Å²) in [5.74, 6) is 3.36. The smallest absolute Gasteiger partial charge is 0.256 e. The van der Waals surface area contributed by atoms with E-state index in [-0.39, 0.29) is 67.3 Å². The molecule has 1 aromatic carbocycles. The second-order valence-corrected chi connectivity index (χ2v) is 7.26. The van der Waals surface area contributed by atoms with Gasteiger partial charge in [-0.3, -0.25) is 9.79 Å². The maximum atomic E-state index is 14.7. The van der Waals surface area contributed by atoms with Crippen molar-refractivity contribution in [2.75, 3.05) is 51.3 Å². The molecule has 2 rings (SSSR count). The minimum Gasteiger partial charge on any atom is -0.474 e. The fourth-order valence-corrected chi connectivity index (χ4v) is 3.08. The topological polar surface area (TPSA) is 136 Å². The van der Waals surface area contributed by atoms with Crippen LogP contribution in [0.4, 0.5) is 20.2 Å². The number of nitrogens with zero attached hydrogens (tertiary/aromatic N) is 4. The molecule has 0 saturated carbocycles. The predicted octanol–water partition coefficient (Wildman–Crippen LogP) is -0.105. The molecule has 13 heteroatoms. The first kappa shape index (κ1) is 25.4. The summed E-state index contributed by atoms with van der Waals surface area (Å²) >= 11 is 4.83. The maximum absolute atomic E-state index is 14.7. The van der Waals surface area contributed by atoms with Gasteiger partial charge in [0.25, 0.3) is 5.17 Å². The van der Waals surface area contributed by atoms with Crippen LogP contribution in [-0.2, 0) is 9.53 Å². The van der Waals surface area contributed by atoms with E-state index in [1.54, 1.807) is 0 Å². The Balaban J connectivity index is 2.02. The van der Waals surface area contributed by atoms with Gasteiger partial charge in [-0.2, -0.15) is 5.10 Å². The van der Waals surface area contributed by atoms with Crippen LogP contribution < -0.4 is 16.1 Å². The van der Waals surface area contributed by atoms with Crippen molar-refractivity contribution in [1.29, 1.82) is 0 Å². The van der Waals surface area contributed by atoms with Gasteiger partial charge in [0.15, 0.2) is 11.6 Å². The van der Waals surface area contributed by atoms with Gasteiger partial charge < -0.3 is 35.9 Å². The molecule has 0 radical (unpaired) electrons. The lowest BCUT2D eigenvalue weighted by Gasteiger charge is -2.36. The lowest BCUT2D eigenvalue weighted by molar-refractivity contribution is -0.134. The molecule has 1 aliphatic rings. The van der Waals surface area contributed by atoms with E-state index in [0.29, 0.717) is 0 Å². The van der Waals surface area contributed by atoms with Gasteiger partial charge in [0, 0.05) is 38.3 Å². The minimum atomic E-state index is -1.12. The third-order valence-electron chi connectivity index (χ3n) is 4.70. The van der Waals surface area contributed by atoms with Crippen LogP contribution in [0.5, 0.6) is 0 Å². The highest BCUT2D eigenvalue weighted by molar-refractivity contribution is 7.80. The highest BCUT2D eigenvalue weighted by atomic mass is 32.1. The number of halogens is 2. The highest BCUT2D eigenvalue weighted by Gasteiger charge is 2.26. The molecule has 5 N–H and O–H groups in total. The summed E-state index contributed by atoms with van der Waals surface area (Å²) in [5, 5.41) is 24.6. The molecule has 176 valence electrons. The molecular formula is C19H26F2N6O4S. The van der Waals surface area contributed by atoms with Gasteiger partial charge in [-0.05, 0) is 12.2 Å². The Labute approximate surface area is 189 Å².